The van der Waals surface area contributed by atoms with Gasteiger partial charge in [-0.25, -0.2) is 9.97 Å². The molecule has 0 bridgehead atoms. The number of hydrogen-bond acceptors (Lipinski definition) is 2. The number of rotatable bonds is 3. The Kier molecular flexibility index (Phi) is 3.49. The summed E-state index contributed by atoms with van der Waals surface area (Å²) in [5.74, 6) is 0.167. The summed E-state index contributed by atoms with van der Waals surface area (Å²) < 4.78 is 104. The van der Waals surface area contributed by atoms with Crippen molar-refractivity contribution in [1.29, 1.82) is 0 Å². The third kappa shape index (κ3) is 3.55. The molecule has 0 unspecified atom stereocenters. The number of hydrogen-bond donors (Lipinski definition) is 0. The molecule has 4 heteroatoms. The molecular weight excluding hydrogens is 560 g/mol. The number of benzene rings is 7. The normalized spacial score (nSPS) is 15.3. The van der Waals surface area contributed by atoms with Crippen LogP contribution in [-0.2, 0) is 0 Å². The summed E-state index contributed by atoms with van der Waals surface area (Å²) in [5.41, 5.74) is 2.89. The molecule has 4 nitrogen and oxygen atoms in total. The number of fused-ring (bicyclic) bond motifs is 9. The molecule has 3 heterocycles. The predicted molar refractivity (Wildman–Crippen MR) is 191 cm³/mol. The molecule has 0 saturated carbocycles. The first-order valence-electron chi connectivity index (χ1n) is 20.2. The van der Waals surface area contributed by atoms with Crippen molar-refractivity contribution in [2.45, 2.75) is 0 Å². The molecule has 0 aliphatic rings. The van der Waals surface area contributed by atoms with Crippen LogP contribution in [0.2, 0.25) is 0 Å². The molecule has 10 aromatic rings. The second-order valence-corrected chi connectivity index (χ2v) is 11.0. The minimum atomic E-state index is -0.532. The standard InChI is InChI=1S/C42H26N4/c1-3-14-28(15-4-1)41-42(44-35-21-11-10-20-34(35)43-41)46-36-22-12-9-19-31(36)32-25-33-39(26-38(32)46)45(29-16-5-2-6-17-29)37-24-23-27-13-7-8-18-30(27)40(33)37/h1-26H/i7D,8D,9D,12D,13D,19D,22D,23D,24D,25D,26D. The molecule has 0 atom stereocenters. The van der Waals surface area contributed by atoms with Crippen LogP contribution in [-0.4, -0.2) is 19.1 Å². The summed E-state index contributed by atoms with van der Waals surface area (Å²) in [7, 11) is 0. The monoisotopic (exact) mass is 597 g/mol. The molecule has 0 saturated heterocycles. The summed E-state index contributed by atoms with van der Waals surface area (Å²) in [6.07, 6.45) is 0. The zero-order valence-corrected chi connectivity index (χ0v) is 23.9. The van der Waals surface area contributed by atoms with Crippen molar-refractivity contribution in [3.8, 4) is 22.8 Å². The molecule has 0 amide bonds. The Morgan fingerprint density at radius 2 is 1.20 bits per heavy atom. The number of aromatic nitrogens is 4. The van der Waals surface area contributed by atoms with Crippen LogP contribution in [0, 0.1) is 0 Å². The van der Waals surface area contributed by atoms with Crippen molar-refractivity contribution >= 4 is 65.4 Å². The van der Waals surface area contributed by atoms with E-state index < -0.39 is 36.3 Å². The van der Waals surface area contributed by atoms with E-state index in [1.54, 1.807) is 47.0 Å². The van der Waals surface area contributed by atoms with Crippen LogP contribution in [0.15, 0.2) is 157 Å². The van der Waals surface area contributed by atoms with E-state index in [0.717, 1.165) is 0 Å². The van der Waals surface area contributed by atoms with E-state index in [-0.39, 0.29) is 90.4 Å². The van der Waals surface area contributed by atoms with E-state index in [9.17, 15) is 6.85 Å². The van der Waals surface area contributed by atoms with Gasteiger partial charge in [0.1, 0.15) is 5.69 Å². The molecular formula is C42H26N4. The molecule has 10 rings (SSSR count). The van der Waals surface area contributed by atoms with Gasteiger partial charge in [-0.2, -0.15) is 0 Å². The molecule has 0 radical (unpaired) electrons. The number of para-hydroxylation sites is 4. The lowest BCUT2D eigenvalue weighted by atomic mass is 10.0. The highest BCUT2D eigenvalue weighted by atomic mass is 15.1. The fourth-order valence-electron chi connectivity index (χ4n) is 6.41. The summed E-state index contributed by atoms with van der Waals surface area (Å²) in [6.45, 7) is 0. The van der Waals surface area contributed by atoms with Crippen molar-refractivity contribution in [1.82, 2.24) is 19.1 Å². The number of nitrogens with zero attached hydrogens (tertiary/aromatic N) is 4. The van der Waals surface area contributed by atoms with Crippen LogP contribution < -0.4 is 0 Å². The average molecular weight is 598 g/mol. The molecule has 7 aromatic carbocycles. The van der Waals surface area contributed by atoms with Crippen molar-refractivity contribution in [3.63, 3.8) is 0 Å². The maximum absolute atomic E-state index is 10.2. The topological polar surface area (TPSA) is 35.6 Å². The van der Waals surface area contributed by atoms with Gasteiger partial charge < -0.3 is 4.57 Å². The van der Waals surface area contributed by atoms with E-state index in [1.165, 1.54) is 10.6 Å². The van der Waals surface area contributed by atoms with Gasteiger partial charge in [0.15, 0.2) is 5.82 Å². The Bertz CT molecular complexity index is 3420. The quantitative estimate of drug-likeness (QED) is 0.203. The van der Waals surface area contributed by atoms with Gasteiger partial charge in [0.05, 0.1) is 48.2 Å². The first-order valence-corrected chi connectivity index (χ1v) is 14.7. The minimum absolute atomic E-state index is 0.0109. The fraction of sp³-hybridized carbons (Fsp3) is 0. The Labute approximate surface area is 279 Å². The van der Waals surface area contributed by atoms with Gasteiger partial charge in [-0.05, 0) is 59.2 Å². The maximum atomic E-state index is 10.2. The molecule has 46 heavy (non-hydrogen) atoms. The summed E-state index contributed by atoms with van der Waals surface area (Å²) in [6, 6.07) is 22.6. The highest BCUT2D eigenvalue weighted by molar-refractivity contribution is 6.25. The van der Waals surface area contributed by atoms with Gasteiger partial charge >= 0.3 is 0 Å². The summed E-state index contributed by atoms with van der Waals surface area (Å²) in [5, 5.41) is 0.482. The van der Waals surface area contributed by atoms with E-state index in [1.807, 2.05) is 42.5 Å². The molecule has 214 valence electrons. The molecule has 3 aromatic heterocycles. The zero-order valence-electron chi connectivity index (χ0n) is 34.9. The van der Waals surface area contributed by atoms with Crippen LogP contribution >= 0.6 is 0 Å². The van der Waals surface area contributed by atoms with Crippen LogP contribution in [0.1, 0.15) is 15.1 Å². The smallest absolute Gasteiger partial charge is 0.165 e. The average Bonchev–Trinajstić information content (AvgIpc) is 3.78. The first kappa shape index (κ1) is 16.7. The van der Waals surface area contributed by atoms with Crippen LogP contribution in [0.4, 0.5) is 0 Å². The molecule has 0 aliphatic carbocycles. The van der Waals surface area contributed by atoms with Gasteiger partial charge in [-0.3, -0.25) is 4.57 Å². The second kappa shape index (κ2) is 9.62. The van der Waals surface area contributed by atoms with Gasteiger partial charge in [0.25, 0.3) is 0 Å². The Hall–Kier alpha value is -6.26. The third-order valence-electron chi connectivity index (χ3n) is 8.41. The fourth-order valence-corrected chi connectivity index (χ4v) is 6.41. The predicted octanol–water partition coefficient (Wildman–Crippen LogP) is 10.6. The van der Waals surface area contributed by atoms with Crippen molar-refractivity contribution in [2.75, 3.05) is 0 Å². The lowest BCUT2D eigenvalue weighted by molar-refractivity contribution is 1.08. The first-order chi connectivity index (χ1) is 27.4. The van der Waals surface area contributed by atoms with Crippen LogP contribution in [0.25, 0.3) is 88.2 Å². The van der Waals surface area contributed by atoms with Gasteiger partial charge in [0, 0.05) is 32.8 Å². The maximum Gasteiger partial charge on any atom is 0.165 e. The second-order valence-electron chi connectivity index (χ2n) is 11.0. The lowest BCUT2D eigenvalue weighted by Crippen LogP contribution is -2.03. The van der Waals surface area contributed by atoms with E-state index in [4.69, 9.17) is 18.2 Å². The molecule has 0 aliphatic heterocycles. The highest BCUT2D eigenvalue weighted by Crippen LogP contribution is 2.42. The molecule has 0 N–H and O–H groups in total. The van der Waals surface area contributed by atoms with E-state index in [2.05, 4.69) is 0 Å². The van der Waals surface area contributed by atoms with Crippen molar-refractivity contribution < 1.29 is 15.1 Å². The molecule has 0 fully saturated rings. The lowest BCUT2D eigenvalue weighted by Gasteiger charge is -2.14. The van der Waals surface area contributed by atoms with E-state index >= 15 is 0 Å². The molecule has 0 spiro atoms. The zero-order chi connectivity index (χ0) is 39.8. The van der Waals surface area contributed by atoms with E-state index in [0.29, 0.717) is 28.0 Å². The Balaban J connectivity index is 1.55. The SMILES string of the molecule is [2H]c1cc2c(c([2H])c1[2H])c([2H])c([2H])c1c2c2c([2H])c3c4c([2H])c([2H])c([2H])c([2H])c4n(-c4nc5ccccc5nc4-c4ccccc4)c3c([2H])c2n1-c1ccccc1. The van der Waals surface area contributed by atoms with Crippen LogP contribution in [0.3, 0.4) is 0 Å². The summed E-state index contributed by atoms with van der Waals surface area (Å²) >= 11 is 0. The highest BCUT2D eigenvalue weighted by Gasteiger charge is 2.22. The minimum Gasteiger partial charge on any atom is -0.309 e. The summed E-state index contributed by atoms with van der Waals surface area (Å²) in [4.78, 5) is 10.1. The van der Waals surface area contributed by atoms with Gasteiger partial charge in [-0.1, -0.05) is 109 Å². The Morgan fingerprint density at radius 3 is 2.04 bits per heavy atom. The Morgan fingerprint density at radius 1 is 0.478 bits per heavy atom. The van der Waals surface area contributed by atoms with Crippen molar-refractivity contribution in [3.05, 3.63) is 157 Å². The van der Waals surface area contributed by atoms with Gasteiger partial charge in [-0.15, -0.1) is 0 Å². The van der Waals surface area contributed by atoms with Crippen molar-refractivity contribution in [2.24, 2.45) is 0 Å². The van der Waals surface area contributed by atoms with Crippen LogP contribution in [0.5, 0.6) is 0 Å². The third-order valence-corrected chi connectivity index (χ3v) is 8.41. The largest absolute Gasteiger partial charge is 0.309 e. The van der Waals surface area contributed by atoms with Gasteiger partial charge in [0.2, 0.25) is 0 Å².